The third-order valence-electron chi connectivity index (χ3n) is 5.47. The van der Waals surface area contributed by atoms with Gasteiger partial charge in [0.2, 0.25) is 0 Å². The lowest BCUT2D eigenvalue weighted by Crippen LogP contribution is -2.29. The Kier molecular flexibility index (Phi) is 6.75. The van der Waals surface area contributed by atoms with Crippen LogP contribution in [0.1, 0.15) is 31.2 Å². The number of hydrogen-bond acceptors (Lipinski definition) is 7. The van der Waals surface area contributed by atoms with E-state index in [4.69, 9.17) is 30.2 Å². The lowest BCUT2D eigenvalue weighted by Gasteiger charge is -2.24. The number of rotatable bonds is 7. The minimum Gasteiger partial charge on any atom is -0.507 e. The first kappa shape index (κ1) is 24.2. The molecule has 1 N–H and O–H groups in total. The number of carbonyl (C=O) groups excluding carboxylic acids is 2. The molecule has 1 aliphatic rings. The molecule has 182 valence electrons. The first-order chi connectivity index (χ1) is 16.8. The van der Waals surface area contributed by atoms with E-state index in [2.05, 4.69) is 0 Å². The summed E-state index contributed by atoms with van der Waals surface area (Å²) in [7, 11) is 2.85. The Balaban J connectivity index is 1.88. The Bertz CT molecular complexity index is 1280. The molecule has 35 heavy (non-hydrogen) atoms. The van der Waals surface area contributed by atoms with E-state index in [1.54, 1.807) is 36.4 Å². The summed E-state index contributed by atoms with van der Waals surface area (Å²) < 4.78 is 21.9. The quantitative estimate of drug-likeness (QED) is 0.266. The third kappa shape index (κ3) is 4.44. The Labute approximate surface area is 207 Å². The molecule has 1 aliphatic heterocycles. The van der Waals surface area contributed by atoms with Crippen molar-refractivity contribution in [2.24, 2.45) is 0 Å². The maximum atomic E-state index is 13.3. The lowest BCUT2D eigenvalue weighted by molar-refractivity contribution is -0.132. The number of methoxy groups -OCH3 is 2. The van der Waals surface area contributed by atoms with Crippen molar-refractivity contribution in [1.82, 2.24) is 0 Å². The van der Waals surface area contributed by atoms with Gasteiger partial charge in [0.15, 0.2) is 0 Å². The fourth-order valence-electron chi connectivity index (χ4n) is 3.96. The molecule has 9 heteroatoms. The van der Waals surface area contributed by atoms with Crippen LogP contribution in [0.2, 0.25) is 5.02 Å². The largest absolute Gasteiger partial charge is 0.507 e. The van der Waals surface area contributed by atoms with Gasteiger partial charge in [-0.25, -0.2) is 0 Å². The number of ketones is 1. The summed E-state index contributed by atoms with van der Waals surface area (Å²) in [5.41, 5.74) is 0.406. The summed E-state index contributed by atoms with van der Waals surface area (Å²) in [5, 5.41) is 11.5. The highest BCUT2D eigenvalue weighted by Crippen LogP contribution is 2.45. The number of anilines is 1. The van der Waals surface area contributed by atoms with Crippen molar-refractivity contribution in [1.29, 1.82) is 0 Å². The zero-order valence-corrected chi connectivity index (χ0v) is 20.3. The number of carbonyl (C=O) groups is 2. The number of amides is 1. The van der Waals surface area contributed by atoms with E-state index in [9.17, 15) is 14.7 Å². The number of benzene rings is 2. The van der Waals surface area contributed by atoms with E-state index >= 15 is 0 Å². The van der Waals surface area contributed by atoms with Gasteiger partial charge in [-0.15, -0.1) is 0 Å². The van der Waals surface area contributed by atoms with E-state index < -0.39 is 23.5 Å². The second-order valence-electron chi connectivity index (χ2n) is 8.03. The number of aliphatic hydroxyl groups is 1. The van der Waals surface area contributed by atoms with Gasteiger partial charge < -0.3 is 23.7 Å². The summed E-state index contributed by atoms with van der Waals surface area (Å²) >= 11 is 6.28. The van der Waals surface area contributed by atoms with Crippen molar-refractivity contribution in [3.05, 3.63) is 76.7 Å². The second kappa shape index (κ2) is 9.76. The molecule has 0 bridgehead atoms. The smallest absolute Gasteiger partial charge is 0.300 e. The molecule has 1 aromatic heterocycles. The summed E-state index contributed by atoms with van der Waals surface area (Å²) in [5.74, 6) is -0.688. The first-order valence-electron chi connectivity index (χ1n) is 10.8. The SMILES string of the molecule is COc1cc(OC)c(/C(O)=C2/C(=O)C(=O)N(c3ccc(OC(C)C)cc3)C2c2ccco2)cc1Cl. The Morgan fingerprint density at radius 2 is 1.74 bits per heavy atom. The molecule has 2 heterocycles. The number of hydrogen-bond donors (Lipinski definition) is 1. The fraction of sp³-hybridized carbons (Fsp3) is 0.231. The summed E-state index contributed by atoms with van der Waals surface area (Å²) in [6.45, 7) is 3.81. The van der Waals surface area contributed by atoms with Crippen LogP contribution in [0.15, 0.2) is 64.8 Å². The highest BCUT2D eigenvalue weighted by Gasteiger charge is 2.48. The van der Waals surface area contributed by atoms with Crippen LogP contribution in [0, 0.1) is 0 Å². The number of halogens is 1. The van der Waals surface area contributed by atoms with Crippen LogP contribution in [0.5, 0.6) is 17.2 Å². The molecule has 1 saturated heterocycles. The maximum Gasteiger partial charge on any atom is 0.300 e. The van der Waals surface area contributed by atoms with Crippen LogP contribution in [0.4, 0.5) is 5.69 Å². The zero-order chi connectivity index (χ0) is 25.3. The summed E-state index contributed by atoms with van der Waals surface area (Å²) in [4.78, 5) is 27.8. The molecule has 1 amide bonds. The van der Waals surface area contributed by atoms with Gasteiger partial charge in [0.25, 0.3) is 11.7 Å². The molecule has 0 aliphatic carbocycles. The van der Waals surface area contributed by atoms with Gasteiger partial charge in [0.1, 0.15) is 34.8 Å². The molecular formula is C26H24ClNO7. The fourth-order valence-corrected chi connectivity index (χ4v) is 4.20. The standard InChI is InChI=1S/C26H24ClNO7/c1-14(2)35-16-9-7-15(8-10-16)28-23(19-6-5-11-34-19)22(25(30)26(28)31)24(29)17-12-18(27)21(33-4)13-20(17)32-3/h5-14,23,29H,1-4H3/b24-22-. The van der Waals surface area contributed by atoms with Crippen LogP contribution in [0.25, 0.3) is 5.76 Å². The van der Waals surface area contributed by atoms with E-state index in [-0.39, 0.29) is 28.0 Å². The molecule has 0 saturated carbocycles. The maximum absolute atomic E-state index is 13.3. The van der Waals surface area contributed by atoms with Crippen LogP contribution >= 0.6 is 11.6 Å². The van der Waals surface area contributed by atoms with Crippen molar-refractivity contribution in [2.45, 2.75) is 26.0 Å². The molecule has 0 spiro atoms. The summed E-state index contributed by atoms with van der Waals surface area (Å²) in [6.07, 6.45) is 1.41. The van der Waals surface area contributed by atoms with Gasteiger partial charge in [0, 0.05) is 11.8 Å². The van der Waals surface area contributed by atoms with E-state index in [0.717, 1.165) is 0 Å². The van der Waals surface area contributed by atoms with Crippen LogP contribution < -0.4 is 19.1 Å². The number of Topliss-reactive ketones (excluding diaryl/α,β-unsaturated/α-hetero) is 1. The molecule has 0 radical (unpaired) electrons. The highest BCUT2D eigenvalue weighted by molar-refractivity contribution is 6.51. The Morgan fingerprint density at radius 1 is 1.06 bits per heavy atom. The Morgan fingerprint density at radius 3 is 2.31 bits per heavy atom. The average Bonchev–Trinajstić information content (AvgIpc) is 3.45. The van der Waals surface area contributed by atoms with Gasteiger partial charge in [-0.3, -0.25) is 14.5 Å². The van der Waals surface area contributed by atoms with Crippen LogP contribution in [0.3, 0.4) is 0 Å². The van der Waals surface area contributed by atoms with Gasteiger partial charge in [0.05, 0.1) is 42.7 Å². The van der Waals surface area contributed by atoms with Crippen molar-refractivity contribution in [3.8, 4) is 17.2 Å². The molecule has 1 atom stereocenters. The number of ether oxygens (including phenoxy) is 3. The summed E-state index contributed by atoms with van der Waals surface area (Å²) in [6, 6.07) is 11.9. The molecule has 4 rings (SSSR count). The van der Waals surface area contributed by atoms with Gasteiger partial charge >= 0.3 is 0 Å². The topological polar surface area (TPSA) is 98.4 Å². The molecule has 1 fully saturated rings. The molecule has 2 aromatic carbocycles. The predicted molar refractivity (Wildman–Crippen MR) is 130 cm³/mol. The van der Waals surface area contributed by atoms with E-state index in [1.807, 2.05) is 13.8 Å². The number of furan rings is 1. The van der Waals surface area contributed by atoms with Gasteiger partial charge in [-0.05, 0) is 56.3 Å². The van der Waals surface area contributed by atoms with Crippen molar-refractivity contribution in [3.63, 3.8) is 0 Å². The van der Waals surface area contributed by atoms with E-state index in [1.165, 1.54) is 37.5 Å². The third-order valence-corrected chi connectivity index (χ3v) is 5.77. The normalized spacial score (nSPS) is 17.2. The molecular weight excluding hydrogens is 474 g/mol. The van der Waals surface area contributed by atoms with Crippen LogP contribution in [-0.2, 0) is 9.59 Å². The minimum atomic E-state index is -1.02. The molecule has 3 aromatic rings. The van der Waals surface area contributed by atoms with Crippen molar-refractivity contribution >= 4 is 34.7 Å². The lowest BCUT2D eigenvalue weighted by atomic mass is 9.98. The van der Waals surface area contributed by atoms with Crippen molar-refractivity contribution in [2.75, 3.05) is 19.1 Å². The first-order valence-corrected chi connectivity index (χ1v) is 11.2. The second-order valence-corrected chi connectivity index (χ2v) is 8.44. The van der Waals surface area contributed by atoms with Crippen molar-refractivity contribution < 1.29 is 33.3 Å². The monoisotopic (exact) mass is 497 g/mol. The van der Waals surface area contributed by atoms with Gasteiger partial charge in [-0.1, -0.05) is 11.6 Å². The number of aliphatic hydroxyl groups excluding tert-OH is 1. The molecule has 8 nitrogen and oxygen atoms in total. The Hall–Kier alpha value is -3.91. The average molecular weight is 498 g/mol. The zero-order valence-electron chi connectivity index (χ0n) is 19.6. The number of nitrogens with zero attached hydrogens (tertiary/aromatic N) is 1. The van der Waals surface area contributed by atoms with E-state index in [0.29, 0.717) is 22.9 Å². The minimum absolute atomic E-state index is 0.0236. The predicted octanol–water partition coefficient (Wildman–Crippen LogP) is 5.36. The van der Waals surface area contributed by atoms with Gasteiger partial charge in [-0.2, -0.15) is 0 Å². The molecule has 1 unspecified atom stereocenters. The highest BCUT2D eigenvalue weighted by atomic mass is 35.5. The van der Waals surface area contributed by atoms with Crippen LogP contribution in [-0.4, -0.2) is 37.1 Å².